The van der Waals surface area contributed by atoms with Gasteiger partial charge < -0.3 is 19.2 Å². The van der Waals surface area contributed by atoms with E-state index in [0.29, 0.717) is 34.9 Å². The zero-order valence-electron chi connectivity index (χ0n) is 23.0. The maximum absolute atomic E-state index is 14.0. The van der Waals surface area contributed by atoms with Crippen LogP contribution in [-0.4, -0.2) is 34.2 Å². The summed E-state index contributed by atoms with van der Waals surface area (Å²) in [7, 11) is 0. The Labute approximate surface area is 234 Å². The van der Waals surface area contributed by atoms with Gasteiger partial charge in [-0.3, -0.25) is 4.79 Å². The van der Waals surface area contributed by atoms with Crippen molar-refractivity contribution in [3.63, 3.8) is 0 Å². The molecule has 1 amide bonds. The number of rotatable bonds is 7. The number of unbranched alkanes of at least 4 members (excludes halogenated alkanes) is 1. The predicted molar refractivity (Wildman–Crippen MR) is 153 cm³/mol. The minimum absolute atomic E-state index is 0.0458. The number of nitrogens with zero attached hydrogens (tertiary/aromatic N) is 1. The number of carbonyl (C=O) groups is 1. The molecule has 3 aromatic rings. The van der Waals surface area contributed by atoms with E-state index in [4.69, 9.17) is 20.8 Å². The molecule has 0 radical (unpaired) electrons. The van der Waals surface area contributed by atoms with Crippen molar-refractivity contribution in [1.82, 2.24) is 4.90 Å². The standard InChI is InChI=1S/C32H38ClNO5/c1-4-5-8-23-19-28(35)39-30-20(2)27(15-14-25(23)30)38-21(3)31(36)34-18-17-32(37)16-7-6-9-26(32)29(34)22-10-12-24(33)13-11-22/h10-15,19,21,26,29,37H,4-9,16-18H2,1-3H3/t21-,26+,29-,32-/m1/s1. The number of halogens is 1. The third kappa shape index (κ3) is 5.46. The fourth-order valence-corrected chi connectivity index (χ4v) is 6.71. The van der Waals surface area contributed by atoms with E-state index in [0.717, 1.165) is 61.5 Å². The summed E-state index contributed by atoms with van der Waals surface area (Å²) in [5.74, 6) is 0.351. The second kappa shape index (κ2) is 11.3. The summed E-state index contributed by atoms with van der Waals surface area (Å²) >= 11 is 6.18. The highest BCUT2D eigenvalue weighted by Crippen LogP contribution is 2.49. The van der Waals surface area contributed by atoms with Crippen LogP contribution in [0.2, 0.25) is 5.02 Å². The van der Waals surface area contributed by atoms with Gasteiger partial charge in [0.05, 0.1) is 11.6 Å². The summed E-state index contributed by atoms with van der Waals surface area (Å²) in [5.41, 5.74) is 2.02. The second-order valence-electron chi connectivity index (χ2n) is 11.3. The van der Waals surface area contributed by atoms with E-state index < -0.39 is 11.7 Å². The molecule has 0 bridgehead atoms. The van der Waals surface area contributed by atoms with Crippen molar-refractivity contribution in [3.8, 4) is 5.75 Å². The second-order valence-corrected chi connectivity index (χ2v) is 11.7. The third-order valence-electron chi connectivity index (χ3n) is 8.71. The molecular weight excluding hydrogens is 514 g/mol. The number of fused-ring (bicyclic) bond motifs is 2. The molecule has 1 saturated carbocycles. The molecule has 39 heavy (non-hydrogen) atoms. The number of hydrogen-bond donors (Lipinski definition) is 1. The zero-order valence-corrected chi connectivity index (χ0v) is 23.8. The van der Waals surface area contributed by atoms with Crippen LogP contribution in [0.4, 0.5) is 0 Å². The van der Waals surface area contributed by atoms with Crippen molar-refractivity contribution in [2.75, 3.05) is 6.54 Å². The van der Waals surface area contributed by atoms with Gasteiger partial charge in [-0.25, -0.2) is 4.79 Å². The molecule has 0 unspecified atom stereocenters. The van der Waals surface area contributed by atoms with Crippen LogP contribution in [0.3, 0.4) is 0 Å². The van der Waals surface area contributed by atoms with Crippen LogP contribution in [0.25, 0.3) is 11.0 Å². The molecule has 1 saturated heterocycles. The van der Waals surface area contributed by atoms with E-state index in [1.165, 1.54) is 0 Å². The molecule has 6 nitrogen and oxygen atoms in total. The minimum Gasteiger partial charge on any atom is -0.480 e. The van der Waals surface area contributed by atoms with Crippen molar-refractivity contribution in [2.45, 2.75) is 89.9 Å². The summed E-state index contributed by atoms with van der Waals surface area (Å²) in [4.78, 5) is 28.1. The lowest BCUT2D eigenvalue weighted by Gasteiger charge is -2.53. The Morgan fingerprint density at radius 2 is 1.97 bits per heavy atom. The van der Waals surface area contributed by atoms with Gasteiger partial charge in [-0.2, -0.15) is 0 Å². The van der Waals surface area contributed by atoms with Gasteiger partial charge in [-0.1, -0.05) is 49.9 Å². The Bertz CT molecular complexity index is 1400. The van der Waals surface area contributed by atoms with Gasteiger partial charge in [0.2, 0.25) is 0 Å². The van der Waals surface area contributed by atoms with Crippen LogP contribution in [0.15, 0.2) is 51.7 Å². The van der Waals surface area contributed by atoms with E-state index >= 15 is 0 Å². The Balaban J connectivity index is 1.43. The van der Waals surface area contributed by atoms with E-state index in [1.54, 1.807) is 13.0 Å². The van der Waals surface area contributed by atoms with Gasteiger partial charge in [-0.15, -0.1) is 0 Å². The van der Waals surface area contributed by atoms with Crippen LogP contribution in [-0.2, 0) is 11.2 Å². The minimum atomic E-state index is -0.772. The Kier molecular flexibility index (Phi) is 8.06. The van der Waals surface area contributed by atoms with Gasteiger partial charge in [-0.05, 0) is 81.3 Å². The lowest BCUT2D eigenvalue weighted by molar-refractivity contribution is -0.161. The van der Waals surface area contributed by atoms with Gasteiger partial charge >= 0.3 is 5.63 Å². The topological polar surface area (TPSA) is 80.0 Å². The van der Waals surface area contributed by atoms with Crippen molar-refractivity contribution in [3.05, 3.63) is 74.6 Å². The molecule has 7 heteroatoms. The van der Waals surface area contributed by atoms with Gasteiger partial charge in [0.25, 0.3) is 5.91 Å². The smallest absolute Gasteiger partial charge is 0.336 e. The number of aryl methyl sites for hydroxylation is 2. The molecule has 2 aliphatic rings. The number of ether oxygens (including phenoxy) is 1. The number of aliphatic hydroxyl groups is 1. The van der Waals surface area contributed by atoms with Gasteiger partial charge in [0.1, 0.15) is 11.3 Å². The highest BCUT2D eigenvalue weighted by atomic mass is 35.5. The fourth-order valence-electron chi connectivity index (χ4n) is 6.59. The molecule has 1 N–H and O–H groups in total. The molecule has 0 spiro atoms. The lowest BCUT2D eigenvalue weighted by atomic mass is 9.66. The highest BCUT2D eigenvalue weighted by molar-refractivity contribution is 6.30. The van der Waals surface area contributed by atoms with Gasteiger partial charge in [0, 0.05) is 34.5 Å². The number of amides is 1. The first-order chi connectivity index (χ1) is 18.7. The van der Waals surface area contributed by atoms with Crippen LogP contribution in [0.1, 0.15) is 81.5 Å². The average Bonchev–Trinajstić information content (AvgIpc) is 2.92. The van der Waals surface area contributed by atoms with Crippen molar-refractivity contribution in [2.24, 2.45) is 5.92 Å². The lowest BCUT2D eigenvalue weighted by Crippen LogP contribution is -2.58. The fraction of sp³-hybridized carbons (Fsp3) is 0.500. The Morgan fingerprint density at radius 3 is 2.72 bits per heavy atom. The quantitative estimate of drug-likeness (QED) is 0.328. The normalized spacial score (nSPS) is 23.9. The number of carbonyl (C=O) groups excluding carboxylic acids is 1. The summed E-state index contributed by atoms with van der Waals surface area (Å²) in [6.45, 7) is 6.21. The van der Waals surface area contributed by atoms with Crippen molar-refractivity contribution in [1.29, 1.82) is 0 Å². The van der Waals surface area contributed by atoms with E-state index in [9.17, 15) is 14.7 Å². The van der Waals surface area contributed by atoms with Crippen LogP contribution in [0, 0.1) is 12.8 Å². The van der Waals surface area contributed by atoms with E-state index in [-0.39, 0.29) is 23.5 Å². The molecule has 2 heterocycles. The summed E-state index contributed by atoms with van der Waals surface area (Å²) < 4.78 is 11.9. The largest absolute Gasteiger partial charge is 0.480 e. The SMILES string of the molecule is CCCCc1cc(=O)oc2c(C)c(O[C@H](C)C(=O)N3CC[C@]4(O)CCCC[C@H]4[C@H]3c3ccc(Cl)cc3)ccc12. The number of hydrogen-bond acceptors (Lipinski definition) is 5. The highest BCUT2D eigenvalue weighted by Gasteiger charge is 2.50. The van der Waals surface area contributed by atoms with Gasteiger partial charge in [0.15, 0.2) is 6.10 Å². The molecule has 2 aromatic carbocycles. The number of piperidine rings is 1. The van der Waals surface area contributed by atoms with Crippen LogP contribution in [0.5, 0.6) is 5.75 Å². The first-order valence-electron chi connectivity index (χ1n) is 14.2. The predicted octanol–water partition coefficient (Wildman–Crippen LogP) is 6.76. The first-order valence-corrected chi connectivity index (χ1v) is 14.6. The van der Waals surface area contributed by atoms with Crippen molar-refractivity contribution >= 4 is 28.5 Å². The summed E-state index contributed by atoms with van der Waals surface area (Å²) in [5, 5.41) is 13.1. The average molecular weight is 552 g/mol. The molecule has 2 fully saturated rings. The maximum Gasteiger partial charge on any atom is 0.336 e. The Hall–Kier alpha value is -2.83. The van der Waals surface area contributed by atoms with E-state index in [1.807, 2.05) is 48.2 Å². The molecular formula is C32H38ClNO5. The summed E-state index contributed by atoms with van der Waals surface area (Å²) in [6.07, 6.45) is 6.29. The number of benzene rings is 2. The third-order valence-corrected chi connectivity index (χ3v) is 8.96. The number of likely N-dealkylation sites (tertiary alicyclic amines) is 1. The van der Waals surface area contributed by atoms with E-state index in [2.05, 4.69) is 6.92 Å². The Morgan fingerprint density at radius 1 is 1.21 bits per heavy atom. The molecule has 208 valence electrons. The first kappa shape index (κ1) is 27.7. The molecule has 1 aliphatic heterocycles. The zero-order chi connectivity index (χ0) is 27.7. The van der Waals surface area contributed by atoms with Crippen molar-refractivity contribution < 1.29 is 19.1 Å². The summed E-state index contributed by atoms with van der Waals surface area (Å²) in [6, 6.07) is 12.7. The molecule has 4 atom stereocenters. The van der Waals surface area contributed by atoms with Crippen LogP contribution >= 0.6 is 11.6 Å². The molecule has 5 rings (SSSR count). The molecule has 1 aliphatic carbocycles. The van der Waals surface area contributed by atoms with Crippen LogP contribution < -0.4 is 10.4 Å². The maximum atomic E-state index is 14.0. The monoisotopic (exact) mass is 551 g/mol. The molecule has 1 aromatic heterocycles.